The monoisotopic (exact) mass is 391 g/mol. The van der Waals surface area contributed by atoms with Gasteiger partial charge in [-0.15, -0.1) is 13.2 Å². The maximum atomic E-state index is 12.4. The van der Waals surface area contributed by atoms with Crippen molar-refractivity contribution in [2.75, 3.05) is 20.2 Å². The number of likely N-dealkylation sites (tertiary alicyclic amines) is 1. The molecular formula is C20H20F3N3O2. The van der Waals surface area contributed by atoms with Crippen molar-refractivity contribution < 1.29 is 22.6 Å². The van der Waals surface area contributed by atoms with Crippen LogP contribution in [-0.4, -0.2) is 41.4 Å². The number of ether oxygens (including phenoxy) is 2. The molecule has 2 heterocycles. The van der Waals surface area contributed by atoms with Gasteiger partial charge in [-0.25, -0.2) is 4.98 Å². The summed E-state index contributed by atoms with van der Waals surface area (Å²) in [5.74, 6) is 1.77. The Morgan fingerprint density at radius 1 is 1.18 bits per heavy atom. The van der Waals surface area contributed by atoms with Crippen molar-refractivity contribution in [2.45, 2.75) is 25.2 Å². The van der Waals surface area contributed by atoms with Crippen molar-refractivity contribution in [3.05, 3.63) is 53.9 Å². The lowest BCUT2D eigenvalue weighted by Gasteiger charge is -2.16. The van der Waals surface area contributed by atoms with Gasteiger partial charge in [0.1, 0.15) is 17.3 Å². The topological polar surface area (TPSA) is 50.4 Å². The minimum Gasteiger partial charge on any atom is -0.497 e. The summed E-state index contributed by atoms with van der Waals surface area (Å²) in [6.07, 6.45) is -3.74. The highest BCUT2D eigenvalue weighted by molar-refractivity contribution is 5.76. The van der Waals surface area contributed by atoms with E-state index in [2.05, 4.69) is 19.6 Å². The number of hydrogen-bond donors (Lipinski definition) is 1. The van der Waals surface area contributed by atoms with Crippen LogP contribution in [0, 0.1) is 0 Å². The number of nitrogens with zero attached hydrogens (tertiary/aromatic N) is 2. The van der Waals surface area contributed by atoms with Gasteiger partial charge in [0.05, 0.1) is 18.1 Å². The minimum absolute atomic E-state index is 0.188. The minimum atomic E-state index is -4.68. The van der Waals surface area contributed by atoms with Crippen LogP contribution in [0.1, 0.15) is 23.7 Å². The van der Waals surface area contributed by atoms with Crippen molar-refractivity contribution in [1.29, 1.82) is 0 Å². The van der Waals surface area contributed by atoms with Crippen LogP contribution in [0.15, 0.2) is 42.5 Å². The number of H-pyrrole nitrogens is 1. The first-order valence-electron chi connectivity index (χ1n) is 9.00. The Labute approximate surface area is 160 Å². The van der Waals surface area contributed by atoms with Crippen LogP contribution >= 0.6 is 0 Å². The SMILES string of the molecule is COc1ccc2nc([C@H]3CCN(Cc4cccc(OC(F)(F)F)c4)C3)[nH]c2c1. The zero-order valence-electron chi connectivity index (χ0n) is 15.3. The van der Waals surface area contributed by atoms with Gasteiger partial charge in [-0.2, -0.15) is 0 Å². The number of hydrogen-bond acceptors (Lipinski definition) is 4. The van der Waals surface area contributed by atoms with E-state index in [-0.39, 0.29) is 11.7 Å². The number of fused-ring (bicyclic) bond motifs is 1. The van der Waals surface area contributed by atoms with Crippen molar-refractivity contribution in [3.8, 4) is 11.5 Å². The molecule has 1 aliphatic rings. The van der Waals surface area contributed by atoms with Gasteiger partial charge in [0.15, 0.2) is 0 Å². The van der Waals surface area contributed by atoms with Gasteiger partial charge in [-0.05, 0) is 42.8 Å². The fraction of sp³-hybridized carbons (Fsp3) is 0.350. The lowest BCUT2D eigenvalue weighted by Crippen LogP contribution is -2.20. The van der Waals surface area contributed by atoms with Crippen molar-refractivity contribution >= 4 is 11.0 Å². The summed E-state index contributed by atoms with van der Waals surface area (Å²) in [7, 11) is 1.63. The number of imidazole rings is 1. The summed E-state index contributed by atoms with van der Waals surface area (Å²) < 4.78 is 46.5. The van der Waals surface area contributed by atoms with Gasteiger partial charge >= 0.3 is 6.36 Å². The Bertz CT molecular complexity index is 971. The van der Waals surface area contributed by atoms with E-state index in [1.807, 2.05) is 24.3 Å². The Morgan fingerprint density at radius 3 is 2.82 bits per heavy atom. The normalized spacial score (nSPS) is 17.9. The number of nitrogens with one attached hydrogen (secondary N) is 1. The zero-order valence-corrected chi connectivity index (χ0v) is 15.3. The van der Waals surface area contributed by atoms with E-state index in [4.69, 9.17) is 4.74 Å². The second kappa shape index (κ2) is 7.35. The quantitative estimate of drug-likeness (QED) is 0.698. The van der Waals surface area contributed by atoms with Crippen LogP contribution in [0.4, 0.5) is 13.2 Å². The van der Waals surface area contributed by atoms with Gasteiger partial charge in [0, 0.05) is 25.1 Å². The van der Waals surface area contributed by atoms with Crippen LogP contribution in [0.3, 0.4) is 0 Å². The van der Waals surface area contributed by atoms with Crippen LogP contribution in [-0.2, 0) is 6.54 Å². The Balaban J connectivity index is 1.42. The van der Waals surface area contributed by atoms with E-state index in [0.717, 1.165) is 47.7 Å². The number of methoxy groups -OCH3 is 1. The van der Waals surface area contributed by atoms with Gasteiger partial charge in [-0.3, -0.25) is 4.90 Å². The van der Waals surface area contributed by atoms with E-state index >= 15 is 0 Å². The van der Waals surface area contributed by atoms with Gasteiger partial charge in [0.2, 0.25) is 0 Å². The number of halogens is 3. The summed E-state index contributed by atoms with van der Waals surface area (Å²) >= 11 is 0. The molecule has 0 aliphatic carbocycles. The smallest absolute Gasteiger partial charge is 0.497 e. The van der Waals surface area contributed by atoms with Crippen molar-refractivity contribution in [3.63, 3.8) is 0 Å². The fourth-order valence-electron chi connectivity index (χ4n) is 3.63. The Kier molecular flexibility index (Phi) is 4.89. The summed E-state index contributed by atoms with van der Waals surface area (Å²) in [5.41, 5.74) is 2.62. The van der Waals surface area contributed by atoms with Gasteiger partial charge in [-0.1, -0.05) is 12.1 Å². The van der Waals surface area contributed by atoms with Crippen LogP contribution < -0.4 is 9.47 Å². The van der Waals surface area contributed by atoms with Crippen LogP contribution in [0.25, 0.3) is 11.0 Å². The predicted octanol–water partition coefficient (Wildman–Crippen LogP) is 4.46. The number of rotatable bonds is 5. The molecule has 5 nitrogen and oxygen atoms in total. The van der Waals surface area contributed by atoms with Gasteiger partial charge in [0.25, 0.3) is 0 Å². The number of alkyl halides is 3. The lowest BCUT2D eigenvalue weighted by atomic mass is 10.1. The number of aromatic amines is 1. The first kappa shape index (κ1) is 18.6. The fourth-order valence-corrected chi connectivity index (χ4v) is 3.63. The highest BCUT2D eigenvalue weighted by atomic mass is 19.4. The second-order valence-corrected chi connectivity index (χ2v) is 6.92. The molecule has 0 bridgehead atoms. The predicted molar refractivity (Wildman–Crippen MR) is 98.4 cm³/mol. The first-order valence-corrected chi connectivity index (χ1v) is 9.00. The summed E-state index contributed by atoms with van der Waals surface area (Å²) in [5, 5.41) is 0. The van der Waals surface area contributed by atoms with Crippen molar-refractivity contribution in [2.24, 2.45) is 0 Å². The highest BCUT2D eigenvalue weighted by Gasteiger charge is 2.31. The average molecular weight is 391 g/mol. The molecule has 148 valence electrons. The molecule has 0 unspecified atom stereocenters. The third kappa shape index (κ3) is 4.22. The van der Waals surface area contributed by atoms with Gasteiger partial charge < -0.3 is 14.5 Å². The number of aromatic nitrogens is 2. The second-order valence-electron chi connectivity index (χ2n) is 6.92. The summed E-state index contributed by atoms with van der Waals surface area (Å²) in [6.45, 7) is 2.22. The molecule has 0 radical (unpaired) electrons. The molecule has 3 aromatic rings. The maximum absolute atomic E-state index is 12.4. The van der Waals surface area contributed by atoms with E-state index in [1.54, 1.807) is 13.2 Å². The highest BCUT2D eigenvalue weighted by Crippen LogP contribution is 2.30. The molecule has 0 saturated carbocycles. The van der Waals surface area contributed by atoms with Crippen LogP contribution in [0.5, 0.6) is 11.5 Å². The number of benzene rings is 2. The molecule has 0 spiro atoms. The molecule has 0 amide bonds. The molecule has 28 heavy (non-hydrogen) atoms. The van der Waals surface area contributed by atoms with E-state index < -0.39 is 6.36 Å². The average Bonchev–Trinajstić information content (AvgIpc) is 3.26. The summed E-state index contributed by atoms with van der Waals surface area (Å²) in [4.78, 5) is 10.3. The molecule has 1 atom stereocenters. The molecule has 4 rings (SSSR count). The Hall–Kier alpha value is -2.74. The van der Waals surface area contributed by atoms with E-state index in [0.29, 0.717) is 6.54 Å². The molecule has 1 aliphatic heterocycles. The largest absolute Gasteiger partial charge is 0.573 e. The molecule has 8 heteroatoms. The van der Waals surface area contributed by atoms with Crippen LogP contribution in [0.2, 0.25) is 0 Å². The molecule has 1 aromatic heterocycles. The first-order chi connectivity index (χ1) is 13.4. The lowest BCUT2D eigenvalue weighted by molar-refractivity contribution is -0.274. The summed E-state index contributed by atoms with van der Waals surface area (Å²) in [6, 6.07) is 11.9. The van der Waals surface area contributed by atoms with Crippen molar-refractivity contribution in [1.82, 2.24) is 14.9 Å². The molecule has 1 saturated heterocycles. The molecule has 2 aromatic carbocycles. The molecule has 1 fully saturated rings. The molecule has 1 N–H and O–H groups in total. The third-order valence-corrected chi connectivity index (χ3v) is 4.90. The standard InChI is InChI=1S/C20H20F3N3O2/c1-27-15-5-6-17-18(10-15)25-19(24-17)14-7-8-26(12-14)11-13-3-2-4-16(9-13)28-20(21,22)23/h2-6,9-10,14H,7-8,11-12H2,1H3,(H,24,25)/t14-/m0/s1. The molecular weight excluding hydrogens is 371 g/mol. The van der Waals surface area contributed by atoms with E-state index in [9.17, 15) is 13.2 Å². The zero-order chi connectivity index (χ0) is 19.7. The van der Waals surface area contributed by atoms with E-state index in [1.165, 1.54) is 12.1 Å². The Morgan fingerprint density at radius 2 is 2.04 bits per heavy atom. The third-order valence-electron chi connectivity index (χ3n) is 4.90. The maximum Gasteiger partial charge on any atom is 0.573 e.